The molecule has 120 valence electrons. The number of carbonyl (C=O) groups excluding carboxylic acids is 2. The van der Waals surface area contributed by atoms with Gasteiger partial charge in [0.1, 0.15) is 0 Å². The molecule has 1 aliphatic carbocycles. The van der Waals surface area contributed by atoms with Gasteiger partial charge in [0.15, 0.2) is 0 Å². The van der Waals surface area contributed by atoms with Crippen LogP contribution in [0.2, 0.25) is 10.0 Å². The molecule has 0 saturated heterocycles. The van der Waals surface area contributed by atoms with Gasteiger partial charge in [0, 0.05) is 14.9 Å². The van der Waals surface area contributed by atoms with Gasteiger partial charge in [0.05, 0.1) is 11.3 Å². The predicted octanol–water partition coefficient (Wildman–Crippen LogP) is 3.55. The maximum Gasteiger partial charge on any atom is 0.279 e. The van der Waals surface area contributed by atoms with E-state index in [0.717, 1.165) is 19.3 Å². The van der Waals surface area contributed by atoms with Crippen molar-refractivity contribution in [2.45, 2.75) is 25.7 Å². The highest BCUT2D eigenvalue weighted by molar-refractivity contribution is 7.14. The van der Waals surface area contributed by atoms with Gasteiger partial charge in [-0.1, -0.05) is 29.3 Å². The summed E-state index contributed by atoms with van der Waals surface area (Å²) in [6.45, 7) is 0. The first-order valence-electron chi connectivity index (χ1n) is 7.17. The van der Waals surface area contributed by atoms with Crippen LogP contribution < -0.4 is 10.9 Å². The van der Waals surface area contributed by atoms with Crippen LogP contribution in [0, 0.1) is 0 Å². The highest BCUT2D eigenvalue weighted by atomic mass is 35.5. The molecular weight excluding hydrogens is 355 g/mol. The second-order valence-electron chi connectivity index (χ2n) is 5.33. The maximum absolute atomic E-state index is 12.1. The molecule has 4 nitrogen and oxygen atoms in total. The SMILES string of the molecule is O=C(Cc1ccc(Cl)cc1Cl)NNC(=O)c1cc2c(s1)CCC2. The Balaban J connectivity index is 1.54. The van der Waals surface area contributed by atoms with Gasteiger partial charge in [-0.05, 0) is 48.6 Å². The number of aryl methyl sites for hydroxylation is 2. The summed E-state index contributed by atoms with van der Waals surface area (Å²) in [6, 6.07) is 6.85. The minimum absolute atomic E-state index is 0.0667. The number of rotatable bonds is 3. The van der Waals surface area contributed by atoms with Gasteiger partial charge in [0.2, 0.25) is 5.91 Å². The number of hydrazine groups is 1. The van der Waals surface area contributed by atoms with E-state index in [4.69, 9.17) is 23.2 Å². The Morgan fingerprint density at radius 1 is 1.13 bits per heavy atom. The lowest BCUT2D eigenvalue weighted by Gasteiger charge is -2.07. The van der Waals surface area contributed by atoms with E-state index in [9.17, 15) is 9.59 Å². The van der Waals surface area contributed by atoms with Crippen LogP contribution in [0.25, 0.3) is 0 Å². The lowest BCUT2D eigenvalue weighted by Crippen LogP contribution is -2.42. The van der Waals surface area contributed by atoms with Crippen LogP contribution in [0.4, 0.5) is 0 Å². The fraction of sp³-hybridized carbons (Fsp3) is 0.250. The molecule has 2 N–H and O–H groups in total. The first-order valence-corrected chi connectivity index (χ1v) is 8.75. The number of halogens is 2. The smallest absolute Gasteiger partial charge is 0.273 e. The van der Waals surface area contributed by atoms with E-state index in [1.54, 1.807) is 18.2 Å². The van der Waals surface area contributed by atoms with Crippen molar-refractivity contribution in [3.05, 3.63) is 55.2 Å². The van der Waals surface area contributed by atoms with Crippen LogP contribution in [0.3, 0.4) is 0 Å². The molecule has 0 unspecified atom stereocenters. The number of hydrogen-bond acceptors (Lipinski definition) is 3. The van der Waals surface area contributed by atoms with Crippen molar-refractivity contribution >= 4 is 46.4 Å². The van der Waals surface area contributed by atoms with Crippen molar-refractivity contribution in [2.75, 3.05) is 0 Å². The summed E-state index contributed by atoms with van der Waals surface area (Å²) in [6.07, 6.45) is 3.29. The maximum atomic E-state index is 12.1. The Morgan fingerprint density at radius 3 is 2.70 bits per heavy atom. The van der Waals surface area contributed by atoms with E-state index < -0.39 is 0 Å². The molecule has 0 radical (unpaired) electrons. The van der Waals surface area contributed by atoms with Gasteiger partial charge < -0.3 is 0 Å². The van der Waals surface area contributed by atoms with Crippen LogP contribution >= 0.6 is 34.5 Å². The number of fused-ring (bicyclic) bond motifs is 1. The molecule has 0 aliphatic heterocycles. The topological polar surface area (TPSA) is 58.2 Å². The molecule has 2 amide bonds. The molecule has 2 aromatic rings. The minimum atomic E-state index is -0.341. The number of carbonyl (C=O) groups is 2. The second kappa shape index (κ2) is 6.91. The molecule has 0 saturated carbocycles. The molecule has 1 heterocycles. The molecule has 1 aliphatic rings. The summed E-state index contributed by atoms with van der Waals surface area (Å²) in [5, 5.41) is 0.937. The van der Waals surface area contributed by atoms with Crippen molar-refractivity contribution in [2.24, 2.45) is 0 Å². The molecule has 0 bridgehead atoms. The fourth-order valence-electron chi connectivity index (χ4n) is 2.51. The average Bonchev–Trinajstić information content (AvgIpc) is 3.09. The Kier molecular flexibility index (Phi) is 4.90. The van der Waals surface area contributed by atoms with E-state index in [2.05, 4.69) is 10.9 Å². The monoisotopic (exact) mass is 368 g/mol. The lowest BCUT2D eigenvalue weighted by molar-refractivity contribution is -0.121. The van der Waals surface area contributed by atoms with E-state index in [-0.39, 0.29) is 18.2 Å². The van der Waals surface area contributed by atoms with Crippen molar-refractivity contribution in [1.29, 1.82) is 0 Å². The molecule has 1 aromatic carbocycles. The van der Waals surface area contributed by atoms with Crippen molar-refractivity contribution in [3.63, 3.8) is 0 Å². The number of hydrogen-bond donors (Lipinski definition) is 2. The van der Waals surface area contributed by atoms with Gasteiger partial charge in [-0.3, -0.25) is 20.4 Å². The summed E-state index contributed by atoms with van der Waals surface area (Å²) < 4.78 is 0. The summed E-state index contributed by atoms with van der Waals surface area (Å²) in [4.78, 5) is 25.9. The van der Waals surface area contributed by atoms with E-state index in [1.165, 1.54) is 21.8 Å². The Labute approximate surface area is 147 Å². The van der Waals surface area contributed by atoms with Gasteiger partial charge in [-0.25, -0.2) is 0 Å². The third kappa shape index (κ3) is 3.86. The van der Waals surface area contributed by atoms with Crippen LogP contribution in [-0.4, -0.2) is 11.8 Å². The number of nitrogens with one attached hydrogen (secondary N) is 2. The number of benzene rings is 1. The van der Waals surface area contributed by atoms with Gasteiger partial charge in [-0.15, -0.1) is 11.3 Å². The van der Waals surface area contributed by atoms with E-state index >= 15 is 0 Å². The summed E-state index contributed by atoms with van der Waals surface area (Å²) in [7, 11) is 0. The van der Waals surface area contributed by atoms with Gasteiger partial charge in [-0.2, -0.15) is 0 Å². The summed E-state index contributed by atoms with van der Waals surface area (Å²) in [5.41, 5.74) is 6.75. The molecule has 3 rings (SSSR count). The summed E-state index contributed by atoms with van der Waals surface area (Å²) in [5.74, 6) is -0.633. The van der Waals surface area contributed by atoms with Crippen LogP contribution in [-0.2, 0) is 24.1 Å². The molecule has 0 spiro atoms. The molecular formula is C16H14Cl2N2O2S. The zero-order valence-corrected chi connectivity index (χ0v) is 14.4. The quantitative estimate of drug-likeness (QED) is 0.813. The Bertz CT molecular complexity index is 752. The summed E-state index contributed by atoms with van der Waals surface area (Å²) >= 11 is 13.3. The highest BCUT2D eigenvalue weighted by Gasteiger charge is 2.18. The molecule has 1 aromatic heterocycles. The number of thiophene rings is 1. The van der Waals surface area contributed by atoms with Gasteiger partial charge in [0.25, 0.3) is 5.91 Å². The molecule has 0 atom stereocenters. The van der Waals surface area contributed by atoms with Crippen molar-refractivity contribution in [1.82, 2.24) is 10.9 Å². The van der Waals surface area contributed by atoms with Crippen molar-refractivity contribution < 1.29 is 9.59 Å². The first-order chi connectivity index (χ1) is 11.0. The number of amides is 2. The standard InChI is InChI=1S/C16H14Cl2N2O2S/c17-11-5-4-9(12(18)8-11)7-15(21)19-20-16(22)14-6-10-2-1-3-13(10)23-14/h4-6,8H,1-3,7H2,(H,19,21)(H,20,22). The molecule has 0 fully saturated rings. The third-order valence-electron chi connectivity index (χ3n) is 3.65. The Hall–Kier alpha value is -1.56. The lowest BCUT2D eigenvalue weighted by atomic mass is 10.1. The normalized spacial score (nSPS) is 12.8. The second-order valence-corrected chi connectivity index (χ2v) is 7.31. The van der Waals surface area contributed by atoms with Crippen LogP contribution in [0.15, 0.2) is 24.3 Å². The van der Waals surface area contributed by atoms with Crippen LogP contribution in [0.1, 0.15) is 32.1 Å². The minimum Gasteiger partial charge on any atom is -0.273 e. The average molecular weight is 369 g/mol. The first kappa shape index (κ1) is 16.3. The van der Waals surface area contributed by atoms with Gasteiger partial charge >= 0.3 is 0 Å². The molecule has 7 heteroatoms. The van der Waals surface area contributed by atoms with Crippen LogP contribution in [0.5, 0.6) is 0 Å². The Morgan fingerprint density at radius 2 is 1.96 bits per heavy atom. The zero-order chi connectivity index (χ0) is 16.4. The predicted molar refractivity (Wildman–Crippen MR) is 92.1 cm³/mol. The van der Waals surface area contributed by atoms with Crippen molar-refractivity contribution in [3.8, 4) is 0 Å². The highest BCUT2D eigenvalue weighted by Crippen LogP contribution is 2.30. The largest absolute Gasteiger partial charge is 0.279 e. The third-order valence-corrected chi connectivity index (χ3v) is 5.47. The molecule has 23 heavy (non-hydrogen) atoms. The van der Waals surface area contributed by atoms with E-state index in [0.29, 0.717) is 20.5 Å². The zero-order valence-electron chi connectivity index (χ0n) is 12.1. The van der Waals surface area contributed by atoms with E-state index in [1.807, 2.05) is 6.07 Å². The fourth-order valence-corrected chi connectivity index (χ4v) is 4.14.